The summed E-state index contributed by atoms with van der Waals surface area (Å²) in [5.74, 6) is 0.0409. The molecule has 0 heterocycles. The Bertz CT molecular complexity index is 892. The van der Waals surface area contributed by atoms with Gasteiger partial charge in [-0.2, -0.15) is 0 Å². The molecule has 0 bridgehead atoms. The van der Waals surface area contributed by atoms with Crippen molar-refractivity contribution in [3.63, 3.8) is 0 Å². The predicted octanol–water partition coefficient (Wildman–Crippen LogP) is 2.72. The molecule has 0 saturated heterocycles. The fraction of sp³-hybridized carbons (Fsp3) is 0.167. The zero-order chi connectivity index (χ0) is 18.4. The molecule has 0 unspecified atom stereocenters. The Morgan fingerprint density at radius 3 is 2.68 bits per heavy atom. The Hall–Kier alpha value is -2.80. The minimum Gasteiger partial charge on any atom is -0.495 e. The van der Waals surface area contributed by atoms with Crippen molar-refractivity contribution in [2.24, 2.45) is 0 Å². The van der Waals surface area contributed by atoms with Gasteiger partial charge in [-0.05, 0) is 42.8 Å². The van der Waals surface area contributed by atoms with Crippen LogP contribution in [0.3, 0.4) is 0 Å². The highest BCUT2D eigenvalue weighted by Crippen LogP contribution is 2.28. The molecule has 2 aromatic rings. The first-order chi connectivity index (χ1) is 11.9. The second-order valence-electron chi connectivity index (χ2n) is 5.34. The highest BCUT2D eigenvalue weighted by Gasteiger charge is 2.18. The maximum absolute atomic E-state index is 12.7. The number of hydrogen-bond acceptors (Lipinski definition) is 4. The number of rotatable bonds is 7. The molecule has 6 nitrogen and oxygen atoms in total. The van der Waals surface area contributed by atoms with E-state index in [2.05, 4.69) is 16.6 Å². The molecule has 0 fully saturated rings. The van der Waals surface area contributed by atoms with Crippen LogP contribution >= 0.6 is 0 Å². The van der Waals surface area contributed by atoms with E-state index in [0.29, 0.717) is 18.0 Å². The molecule has 1 amide bonds. The van der Waals surface area contributed by atoms with Gasteiger partial charge in [0, 0.05) is 12.1 Å². The van der Waals surface area contributed by atoms with Gasteiger partial charge >= 0.3 is 0 Å². The largest absolute Gasteiger partial charge is 0.495 e. The maximum Gasteiger partial charge on any atom is 0.262 e. The number of benzene rings is 2. The zero-order valence-electron chi connectivity index (χ0n) is 14.1. The number of sulfonamides is 1. The van der Waals surface area contributed by atoms with Crippen LogP contribution < -0.4 is 14.8 Å². The van der Waals surface area contributed by atoms with Gasteiger partial charge in [0.15, 0.2) is 0 Å². The van der Waals surface area contributed by atoms with Gasteiger partial charge in [-0.25, -0.2) is 8.42 Å². The van der Waals surface area contributed by atoms with E-state index in [1.54, 1.807) is 24.3 Å². The number of amides is 1. The van der Waals surface area contributed by atoms with Crippen LogP contribution in [0.15, 0.2) is 60.0 Å². The number of methoxy groups -OCH3 is 1. The lowest BCUT2D eigenvalue weighted by Gasteiger charge is -2.13. The molecule has 7 heteroatoms. The summed E-state index contributed by atoms with van der Waals surface area (Å²) >= 11 is 0. The fourth-order valence-corrected chi connectivity index (χ4v) is 3.28. The molecule has 0 aromatic heterocycles. The van der Waals surface area contributed by atoms with Gasteiger partial charge in [0.05, 0.1) is 17.7 Å². The molecule has 0 aliphatic heterocycles. The SMILES string of the molecule is C=CCNC(=O)c1cccc(S(=O)(=O)Nc2cc(C)ccc2OC)c1. The normalized spacial score (nSPS) is 10.8. The quantitative estimate of drug-likeness (QED) is 0.744. The first-order valence-electron chi connectivity index (χ1n) is 7.54. The third-order valence-electron chi connectivity index (χ3n) is 3.41. The minimum atomic E-state index is -3.87. The number of anilines is 1. The zero-order valence-corrected chi connectivity index (χ0v) is 14.9. The lowest BCUT2D eigenvalue weighted by molar-refractivity contribution is 0.0958. The Morgan fingerprint density at radius 2 is 2.00 bits per heavy atom. The van der Waals surface area contributed by atoms with Crippen molar-refractivity contribution >= 4 is 21.6 Å². The Balaban J connectivity index is 2.33. The maximum atomic E-state index is 12.7. The van der Waals surface area contributed by atoms with Gasteiger partial charge in [-0.1, -0.05) is 18.2 Å². The molecule has 0 aliphatic carbocycles. The third kappa shape index (κ3) is 4.60. The van der Waals surface area contributed by atoms with Crippen molar-refractivity contribution in [2.75, 3.05) is 18.4 Å². The van der Waals surface area contributed by atoms with Crippen LogP contribution in [0.2, 0.25) is 0 Å². The minimum absolute atomic E-state index is 0.0117. The summed E-state index contributed by atoms with van der Waals surface area (Å²) in [7, 11) is -2.40. The topological polar surface area (TPSA) is 84.5 Å². The molecular weight excluding hydrogens is 340 g/mol. The third-order valence-corrected chi connectivity index (χ3v) is 4.78. The van der Waals surface area contributed by atoms with E-state index < -0.39 is 10.0 Å². The Morgan fingerprint density at radius 1 is 1.24 bits per heavy atom. The van der Waals surface area contributed by atoms with E-state index in [4.69, 9.17) is 4.74 Å². The van der Waals surface area contributed by atoms with Crippen LogP contribution in [0.1, 0.15) is 15.9 Å². The van der Waals surface area contributed by atoms with Gasteiger partial charge in [-0.15, -0.1) is 6.58 Å². The summed E-state index contributed by atoms with van der Waals surface area (Å²) in [6.07, 6.45) is 1.55. The van der Waals surface area contributed by atoms with Crippen molar-refractivity contribution < 1.29 is 17.9 Å². The number of nitrogens with one attached hydrogen (secondary N) is 2. The highest BCUT2D eigenvalue weighted by molar-refractivity contribution is 7.92. The summed E-state index contributed by atoms with van der Waals surface area (Å²) in [6, 6.07) is 11.0. The first-order valence-corrected chi connectivity index (χ1v) is 9.02. The average Bonchev–Trinajstić information content (AvgIpc) is 2.59. The van der Waals surface area contributed by atoms with E-state index in [-0.39, 0.29) is 16.4 Å². The molecule has 25 heavy (non-hydrogen) atoms. The molecular formula is C18H20N2O4S. The Kier molecular flexibility index (Phi) is 5.82. The number of aryl methyl sites for hydroxylation is 1. The van der Waals surface area contributed by atoms with Crippen molar-refractivity contribution in [1.82, 2.24) is 5.32 Å². The van der Waals surface area contributed by atoms with Crippen molar-refractivity contribution in [2.45, 2.75) is 11.8 Å². The summed E-state index contributed by atoms with van der Waals surface area (Å²) in [4.78, 5) is 12.0. The molecule has 0 aliphatic rings. The summed E-state index contributed by atoms with van der Waals surface area (Å²) in [6.45, 7) is 5.67. The molecule has 132 valence electrons. The van der Waals surface area contributed by atoms with Crippen LogP contribution in [0.5, 0.6) is 5.75 Å². The van der Waals surface area contributed by atoms with Gasteiger partial charge in [0.2, 0.25) is 0 Å². The molecule has 2 rings (SSSR count). The van der Waals surface area contributed by atoms with Gasteiger partial charge < -0.3 is 10.1 Å². The summed E-state index contributed by atoms with van der Waals surface area (Å²) in [5, 5.41) is 2.61. The van der Waals surface area contributed by atoms with E-state index in [1.807, 2.05) is 13.0 Å². The van der Waals surface area contributed by atoms with E-state index in [9.17, 15) is 13.2 Å². The second-order valence-corrected chi connectivity index (χ2v) is 7.02. The van der Waals surface area contributed by atoms with Crippen molar-refractivity contribution in [1.29, 1.82) is 0 Å². The average molecular weight is 360 g/mol. The molecule has 2 N–H and O–H groups in total. The molecule has 2 aromatic carbocycles. The van der Waals surface area contributed by atoms with Crippen LogP contribution in [-0.2, 0) is 10.0 Å². The van der Waals surface area contributed by atoms with Crippen molar-refractivity contribution in [3.8, 4) is 5.75 Å². The predicted molar refractivity (Wildman–Crippen MR) is 97.5 cm³/mol. The highest BCUT2D eigenvalue weighted by atomic mass is 32.2. The van der Waals surface area contributed by atoms with Gasteiger partial charge in [0.25, 0.3) is 15.9 Å². The van der Waals surface area contributed by atoms with Crippen LogP contribution in [0.25, 0.3) is 0 Å². The lowest BCUT2D eigenvalue weighted by atomic mass is 10.2. The first kappa shape index (κ1) is 18.5. The Labute approximate surface area is 147 Å². The lowest BCUT2D eigenvalue weighted by Crippen LogP contribution is -2.23. The van der Waals surface area contributed by atoms with E-state index in [0.717, 1.165) is 5.56 Å². The summed E-state index contributed by atoms with van der Waals surface area (Å²) < 4.78 is 33.0. The van der Waals surface area contributed by atoms with Crippen LogP contribution in [0.4, 0.5) is 5.69 Å². The molecule has 0 spiro atoms. The summed E-state index contributed by atoms with van der Waals surface area (Å²) in [5.41, 5.74) is 1.47. The van der Waals surface area contributed by atoms with Crippen LogP contribution in [-0.4, -0.2) is 28.0 Å². The fourth-order valence-electron chi connectivity index (χ4n) is 2.18. The van der Waals surface area contributed by atoms with Gasteiger partial charge in [-0.3, -0.25) is 9.52 Å². The van der Waals surface area contributed by atoms with E-state index in [1.165, 1.54) is 25.3 Å². The standard InChI is InChI=1S/C18H20N2O4S/c1-4-10-19-18(21)14-6-5-7-15(12-14)25(22,23)20-16-11-13(2)8-9-17(16)24-3/h4-9,11-12,20H,1,10H2,2-3H3,(H,19,21). The molecule has 0 saturated carbocycles. The van der Waals surface area contributed by atoms with Crippen LogP contribution in [0, 0.1) is 6.92 Å². The monoisotopic (exact) mass is 360 g/mol. The van der Waals surface area contributed by atoms with Gasteiger partial charge in [0.1, 0.15) is 5.75 Å². The van der Waals surface area contributed by atoms with Crippen molar-refractivity contribution in [3.05, 3.63) is 66.2 Å². The van der Waals surface area contributed by atoms with E-state index >= 15 is 0 Å². The number of carbonyl (C=O) groups is 1. The number of carbonyl (C=O) groups excluding carboxylic acids is 1. The smallest absolute Gasteiger partial charge is 0.262 e. The molecule has 0 radical (unpaired) electrons. The number of hydrogen-bond donors (Lipinski definition) is 2. The molecule has 0 atom stereocenters. The second kappa shape index (κ2) is 7.85. The number of ether oxygens (including phenoxy) is 1.